The van der Waals surface area contributed by atoms with Crippen molar-refractivity contribution in [1.29, 1.82) is 0 Å². The second-order valence-electron chi connectivity index (χ2n) is 8.43. The Bertz CT molecular complexity index is 950. The van der Waals surface area contributed by atoms with Gasteiger partial charge in [-0.15, -0.1) is 0 Å². The van der Waals surface area contributed by atoms with Crippen molar-refractivity contribution >= 4 is 23.6 Å². The molecule has 7 nitrogen and oxygen atoms in total. The zero-order valence-electron chi connectivity index (χ0n) is 19.7. The monoisotopic (exact) mass is 476 g/mol. The third-order valence-corrected chi connectivity index (χ3v) is 5.57. The maximum Gasteiger partial charge on any atom is 0.244 e. The lowest BCUT2D eigenvalue weighted by Gasteiger charge is -2.33. The average Bonchev–Trinajstić information content (AvgIpc) is 3.23. The molecular weight excluding hydrogens is 444 g/mol. The summed E-state index contributed by atoms with van der Waals surface area (Å²) in [6, 6.07) is 7.41. The van der Waals surface area contributed by atoms with Crippen molar-refractivity contribution in [2.45, 2.75) is 26.8 Å². The molecule has 1 aliphatic rings. The average molecular weight is 477 g/mol. The smallest absolute Gasteiger partial charge is 0.244 e. The highest BCUT2D eigenvalue weighted by Crippen LogP contribution is 2.37. The van der Waals surface area contributed by atoms with E-state index in [9.17, 15) is 4.79 Å². The lowest BCUT2D eigenvalue weighted by molar-refractivity contribution is -0.116. The Hall–Kier alpha value is -2.48. The van der Waals surface area contributed by atoms with E-state index in [1.165, 1.54) is 6.08 Å². The maximum atomic E-state index is 12.6. The van der Waals surface area contributed by atoms with Crippen LogP contribution >= 0.6 is 11.6 Å². The van der Waals surface area contributed by atoms with Crippen LogP contribution in [0.5, 0.6) is 11.5 Å². The number of benzene rings is 1. The standard InChI is InChI=1S/C25H33ClN2O5/c1-17(2)16-32-25-20(26)13-19(14-23(25)30-4)6-8-24(29)27-15-21(22-7-5-18(3)33-22)28-9-11-31-12-10-28/h5-8,13-14,17,21H,9-12,15-16H2,1-4H3,(H,27,29)/b8-6+. The van der Waals surface area contributed by atoms with Crippen molar-refractivity contribution in [1.82, 2.24) is 10.2 Å². The summed E-state index contributed by atoms with van der Waals surface area (Å²) in [5.74, 6) is 2.89. The van der Waals surface area contributed by atoms with Crippen molar-refractivity contribution in [3.05, 3.63) is 52.4 Å². The Morgan fingerprint density at radius 1 is 1.27 bits per heavy atom. The highest BCUT2D eigenvalue weighted by Gasteiger charge is 2.25. The Balaban J connectivity index is 1.65. The van der Waals surface area contributed by atoms with Crippen LogP contribution in [0.3, 0.4) is 0 Å². The Morgan fingerprint density at radius 3 is 2.67 bits per heavy atom. The lowest BCUT2D eigenvalue weighted by atomic mass is 10.1. The van der Waals surface area contributed by atoms with Gasteiger partial charge in [0.05, 0.1) is 38.0 Å². The molecule has 0 saturated carbocycles. The molecule has 2 heterocycles. The molecule has 1 aromatic carbocycles. The van der Waals surface area contributed by atoms with E-state index < -0.39 is 0 Å². The number of nitrogens with zero attached hydrogens (tertiary/aromatic N) is 1. The molecular formula is C25H33ClN2O5. The third-order valence-electron chi connectivity index (χ3n) is 5.29. The predicted molar refractivity (Wildman–Crippen MR) is 129 cm³/mol. The van der Waals surface area contributed by atoms with Gasteiger partial charge in [0.2, 0.25) is 5.91 Å². The summed E-state index contributed by atoms with van der Waals surface area (Å²) in [4.78, 5) is 14.8. The van der Waals surface area contributed by atoms with E-state index in [0.29, 0.717) is 48.8 Å². The molecule has 1 aliphatic heterocycles. The fourth-order valence-corrected chi connectivity index (χ4v) is 3.86. The van der Waals surface area contributed by atoms with E-state index in [-0.39, 0.29) is 11.9 Å². The molecule has 1 atom stereocenters. The number of furan rings is 1. The largest absolute Gasteiger partial charge is 0.493 e. The minimum Gasteiger partial charge on any atom is -0.493 e. The molecule has 3 rings (SSSR count). The van der Waals surface area contributed by atoms with Crippen molar-refractivity contribution in [3.8, 4) is 11.5 Å². The van der Waals surface area contributed by atoms with Crippen LogP contribution in [0.15, 0.2) is 34.8 Å². The van der Waals surface area contributed by atoms with Gasteiger partial charge in [-0.3, -0.25) is 9.69 Å². The third kappa shape index (κ3) is 7.25. The number of carbonyl (C=O) groups excluding carboxylic acids is 1. The lowest BCUT2D eigenvalue weighted by Crippen LogP contribution is -2.43. The van der Waals surface area contributed by atoms with Crippen LogP contribution in [0.25, 0.3) is 6.08 Å². The minimum atomic E-state index is -0.202. The Kier molecular flexibility index (Phi) is 9.23. The molecule has 8 heteroatoms. The van der Waals surface area contributed by atoms with E-state index in [4.69, 9.17) is 30.2 Å². The Labute approximate surface area is 200 Å². The molecule has 1 saturated heterocycles. The van der Waals surface area contributed by atoms with E-state index in [0.717, 1.165) is 30.2 Å². The molecule has 1 amide bonds. The second-order valence-corrected chi connectivity index (χ2v) is 8.84. The second kappa shape index (κ2) is 12.1. The zero-order chi connectivity index (χ0) is 23.8. The van der Waals surface area contributed by atoms with Gasteiger partial charge in [-0.25, -0.2) is 0 Å². The van der Waals surface area contributed by atoms with Crippen LogP contribution in [0, 0.1) is 12.8 Å². The van der Waals surface area contributed by atoms with Gasteiger partial charge in [0, 0.05) is 25.7 Å². The molecule has 0 spiro atoms. The Morgan fingerprint density at radius 2 is 2.03 bits per heavy atom. The predicted octanol–water partition coefficient (Wildman–Crippen LogP) is 4.49. The highest BCUT2D eigenvalue weighted by molar-refractivity contribution is 6.32. The molecule has 1 aromatic heterocycles. The number of aryl methyl sites for hydroxylation is 1. The molecule has 1 fully saturated rings. The first kappa shape index (κ1) is 25.1. The summed E-state index contributed by atoms with van der Waals surface area (Å²) < 4.78 is 22.5. The summed E-state index contributed by atoms with van der Waals surface area (Å²) in [7, 11) is 1.57. The highest BCUT2D eigenvalue weighted by atomic mass is 35.5. The van der Waals surface area contributed by atoms with Gasteiger partial charge in [0.15, 0.2) is 11.5 Å². The summed E-state index contributed by atoms with van der Waals surface area (Å²) in [6.07, 6.45) is 3.19. The number of hydrogen-bond donors (Lipinski definition) is 1. The number of halogens is 1. The van der Waals surface area contributed by atoms with Gasteiger partial charge in [-0.1, -0.05) is 25.4 Å². The summed E-state index contributed by atoms with van der Waals surface area (Å²) in [6.45, 7) is 9.93. The number of hydrogen-bond acceptors (Lipinski definition) is 6. The number of methoxy groups -OCH3 is 1. The van der Waals surface area contributed by atoms with E-state index >= 15 is 0 Å². The van der Waals surface area contributed by atoms with Gasteiger partial charge in [0.1, 0.15) is 11.5 Å². The molecule has 1 N–H and O–H groups in total. The number of rotatable bonds is 10. The summed E-state index contributed by atoms with van der Waals surface area (Å²) in [5.41, 5.74) is 0.746. The summed E-state index contributed by atoms with van der Waals surface area (Å²) in [5, 5.41) is 3.43. The first-order chi connectivity index (χ1) is 15.9. The fourth-order valence-electron chi connectivity index (χ4n) is 3.59. The fraction of sp³-hybridized carbons (Fsp3) is 0.480. The van der Waals surface area contributed by atoms with Gasteiger partial charge < -0.3 is 23.9 Å². The van der Waals surface area contributed by atoms with Crippen molar-refractivity contribution in [2.75, 3.05) is 46.6 Å². The number of carbonyl (C=O) groups is 1. The molecule has 180 valence electrons. The molecule has 33 heavy (non-hydrogen) atoms. The van der Waals surface area contributed by atoms with Gasteiger partial charge in [-0.05, 0) is 48.7 Å². The van der Waals surface area contributed by atoms with Crippen LogP contribution in [-0.4, -0.2) is 57.4 Å². The van der Waals surface area contributed by atoms with Gasteiger partial charge >= 0.3 is 0 Å². The van der Waals surface area contributed by atoms with Crippen LogP contribution in [0.2, 0.25) is 5.02 Å². The van der Waals surface area contributed by atoms with Gasteiger partial charge in [-0.2, -0.15) is 0 Å². The number of nitrogens with one attached hydrogen (secondary N) is 1. The molecule has 0 radical (unpaired) electrons. The normalized spacial score (nSPS) is 15.7. The topological polar surface area (TPSA) is 73.2 Å². The summed E-state index contributed by atoms with van der Waals surface area (Å²) >= 11 is 6.41. The van der Waals surface area contributed by atoms with Crippen LogP contribution in [0.1, 0.15) is 37.0 Å². The molecule has 2 aromatic rings. The van der Waals surface area contributed by atoms with Crippen molar-refractivity contribution < 1.29 is 23.4 Å². The number of morpholine rings is 1. The van der Waals surface area contributed by atoms with Crippen molar-refractivity contribution in [2.24, 2.45) is 5.92 Å². The van der Waals surface area contributed by atoms with E-state index in [1.807, 2.05) is 19.1 Å². The van der Waals surface area contributed by atoms with Gasteiger partial charge in [0.25, 0.3) is 0 Å². The van der Waals surface area contributed by atoms with Crippen LogP contribution < -0.4 is 14.8 Å². The minimum absolute atomic E-state index is 0.0492. The van der Waals surface area contributed by atoms with Crippen molar-refractivity contribution in [3.63, 3.8) is 0 Å². The van der Waals surface area contributed by atoms with E-state index in [1.54, 1.807) is 25.3 Å². The first-order valence-corrected chi connectivity index (χ1v) is 11.6. The zero-order valence-corrected chi connectivity index (χ0v) is 20.5. The van der Waals surface area contributed by atoms with Crippen LogP contribution in [0.4, 0.5) is 0 Å². The van der Waals surface area contributed by atoms with E-state index in [2.05, 4.69) is 24.1 Å². The first-order valence-electron chi connectivity index (χ1n) is 11.2. The number of amides is 1. The molecule has 0 bridgehead atoms. The molecule has 0 aliphatic carbocycles. The number of ether oxygens (including phenoxy) is 3. The SMILES string of the molecule is COc1cc(/C=C/C(=O)NCC(c2ccc(C)o2)N2CCOCC2)cc(Cl)c1OCC(C)C. The quantitative estimate of drug-likeness (QED) is 0.509. The van der Waals surface area contributed by atoms with Crippen LogP contribution in [-0.2, 0) is 9.53 Å². The molecule has 1 unspecified atom stereocenters. The maximum absolute atomic E-state index is 12.6.